The molecule has 2 nitrogen and oxygen atoms in total. The lowest BCUT2D eigenvalue weighted by atomic mass is 10.0. The summed E-state index contributed by atoms with van der Waals surface area (Å²) < 4.78 is 44.9. The van der Waals surface area contributed by atoms with Crippen molar-refractivity contribution in [1.29, 1.82) is 0 Å². The van der Waals surface area contributed by atoms with Crippen molar-refractivity contribution in [3.63, 3.8) is 0 Å². The molecule has 2 saturated heterocycles. The van der Waals surface area contributed by atoms with Crippen LogP contribution in [-0.4, -0.2) is 18.2 Å². The third-order valence-corrected chi connectivity index (χ3v) is 5.09. The van der Waals surface area contributed by atoms with Crippen LogP contribution in [0.15, 0.2) is 48.5 Å². The van der Waals surface area contributed by atoms with E-state index >= 15 is 0 Å². The van der Waals surface area contributed by atoms with Gasteiger partial charge in [0.05, 0.1) is 5.56 Å². The Morgan fingerprint density at radius 1 is 0.880 bits per heavy atom. The van der Waals surface area contributed by atoms with Gasteiger partial charge in [0.1, 0.15) is 11.9 Å². The first-order valence-electron chi connectivity index (χ1n) is 8.68. The molecular formula is C20H20F3NO. The molecule has 3 atom stereocenters. The number of piperidine rings is 1. The zero-order valence-electron chi connectivity index (χ0n) is 13.7. The molecular weight excluding hydrogens is 327 g/mol. The average molecular weight is 347 g/mol. The van der Waals surface area contributed by atoms with E-state index < -0.39 is 11.7 Å². The summed E-state index contributed by atoms with van der Waals surface area (Å²) >= 11 is 0. The first kappa shape index (κ1) is 16.5. The van der Waals surface area contributed by atoms with Gasteiger partial charge in [-0.25, -0.2) is 0 Å². The van der Waals surface area contributed by atoms with Crippen LogP contribution in [0.1, 0.15) is 31.2 Å². The van der Waals surface area contributed by atoms with Gasteiger partial charge in [-0.3, -0.25) is 0 Å². The van der Waals surface area contributed by atoms with E-state index in [4.69, 9.17) is 4.74 Å². The molecule has 0 aromatic heterocycles. The monoisotopic (exact) mass is 347 g/mol. The van der Waals surface area contributed by atoms with Gasteiger partial charge in [-0.2, -0.15) is 13.2 Å². The molecule has 25 heavy (non-hydrogen) atoms. The van der Waals surface area contributed by atoms with Crippen LogP contribution in [0.2, 0.25) is 0 Å². The van der Waals surface area contributed by atoms with Crippen molar-refractivity contribution in [1.82, 2.24) is 5.32 Å². The zero-order chi connectivity index (χ0) is 17.4. The molecule has 132 valence electrons. The second-order valence-electron chi connectivity index (χ2n) is 6.96. The number of hydrogen-bond acceptors (Lipinski definition) is 2. The molecule has 2 heterocycles. The quantitative estimate of drug-likeness (QED) is 0.840. The molecule has 1 unspecified atom stereocenters. The highest BCUT2D eigenvalue weighted by atomic mass is 19.4. The number of ether oxygens (including phenoxy) is 1. The fraction of sp³-hybridized carbons (Fsp3) is 0.400. The molecule has 2 aliphatic rings. The number of fused-ring (bicyclic) bond motifs is 2. The van der Waals surface area contributed by atoms with Gasteiger partial charge in [0.25, 0.3) is 0 Å². The molecule has 0 saturated carbocycles. The average Bonchev–Trinajstić information content (AvgIpc) is 2.93. The Balaban J connectivity index is 1.53. The Morgan fingerprint density at radius 3 is 2.20 bits per heavy atom. The third-order valence-electron chi connectivity index (χ3n) is 5.09. The third kappa shape index (κ3) is 3.66. The van der Waals surface area contributed by atoms with Gasteiger partial charge in [-0.15, -0.1) is 0 Å². The molecule has 2 aromatic carbocycles. The second kappa shape index (κ2) is 6.37. The summed E-state index contributed by atoms with van der Waals surface area (Å²) in [7, 11) is 0. The van der Waals surface area contributed by atoms with Gasteiger partial charge in [-0.05, 0) is 61.1 Å². The van der Waals surface area contributed by atoms with E-state index in [1.165, 1.54) is 25.0 Å². The Hall–Kier alpha value is -2.01. The number of halogens is 3. The van der Waals surface area contributed by atoms with E-state index in [-0.39, 0.29) is 6.10 Å². The van der Waals surface area contributed by atoms with Gasteiger partial charge >= 0.3 is 6.18 Å². The van der Waals surface area contributed by atoms with E-state index in [2.05, 4.69) is 5.32 Å². The van der Waals surface area contributed by atoms with E-state index in [9.17, 15) is 13.2 Å². The molecule has 2 bridgehead atoms. The van der Waals surface area contributed by atoms with E-state index in [1.807, 2.05) is 24.3 Å². The van der Waals surface area contributed by atoms with Crippen molar-refractivity contribution in [2.45, 2.75) is 50.0 Å². The Bertz CT molecular complexity index is 747. The van der Waals surface area contributed by atoms with E-state index in [0.29, 0.717) is 17.6 Å². The molecule has 4 rings (SSSR count). The number of alkyl halides is 3. The summed E-state index contributed by atoms with van der Waals surface area (Å²) in [6.45, 7) is 0. The molecule has 5 heteroatoms. The lowest BCUT2D eigenvalue weighted by Gasteiger charge is -2.29. The second-order valence-corrected chi connectivity index (χ2v) is 6.96. The summed E-state index contributed by atoms with van der Waals surface area (Å²) in [5.41, 5.74) is 0.650. The predicted octanol–water partition coefficient (Wildman–Crippen LogP) is 5.03. The predicted molar refractivity (Wildman–Crippen MR) is 90.5 cm³/mol. The number of hydrogen-bond donors (Lipinski definition) is 1. The standard InChI is InChI=1S/C20H20F3NO/c21-20(22,23)15-5-1-3-13(9-15)14-4-2-6-18(10-14)25-19-11-16-7-8-17(12-19)24-16/h1-6,9-10,16-17,19,24H,7-8,11-12H2/t16-,17+,19?. The van der Waals surface area contributed by atoms with Crippen LogP contribution in [0.3, 0.4) is 0 Å². The molecule has 2 aliphatic heterocycles. The van der Waals surface area contributed by atoms with Crippen LogP contribution in [0.5, 0.6) is 5.75 Å². The topological polar surface area (TPSA) is 21.3 Å². The first-order chi connectivity index (χ1) is 12.0. The maximum absolute atomic E-state index is 12.9. The van der Waals surface area contributed by atoms with Crippen LogP contribution in [-0.2, 0) is 6.18 Å². The first-order valence-corrected chi connectivity index (χ1v) is 8.68. The molecule has 0 amide bonds. The summed E-state index contributed by atoms with van der Waals surface area (Å²) in [4.78, 5) is 0. The highest BCUT2D eigenvalue weighted by molar-refractivity contribution is 5.66. The summed E-state index contributed by atoms with van der Waals surface area (Å²) in [5, 5.41) is 3.58. The van der Waals surface area contributed by atoms with Gasteiger partial charge in [0, 0.05) is 12.1 Å². The fourth-order valence-corrected chi connectivity index (χ4v) is 3.92. The molecule has 0 spiro atoms. The molecule has 0 radical (unpaired) electrons. The largest absolute Gasteiger partial charge is 0.490 e. The highest BCUT2D eigenvalue weighted by Crippen LogP contribution is 2.34. The van der Waals surface area contributed by atoms with E-state index in [1.54, 1.807) is 6.07 Å². The van der Waals surface area contributed by atoms with Crippen LogP contribution >= 0.6 is 0 Å². The van der Waals surface area contributed by atoms with Crippen molar-refractivity contribution < 1.29 is 17.9 Å². The molecule has 2 fully saturated rings. The van der Waals surface area contributed by atoms with Gasteiger partial charge < -0.3 is 10.1 Å². The zero-order valence-corrected chi connectivity index (χ0v) is 13.7. The molecule has 2 aromatic rings. The maximum atomic E-state index is 12.9. The van der Waals surface area contributed by atoms with Crippen LogP contribution in [0.25, 0.3) is 11.1 Å². The number of nitrogens with one attached hydrogen (secondary N) is 1. The normalized spacial score (nSPS) is 25.8. The lowest BCUT2D eigenvalue weighted by molar-refractivity contribution is -0.137. The van der Waals surface area contributed by atoms with E-state index in [0.717, 1.165) is 30.2 Å². The van der Waals surface area contributed by atoms with Crippen LogP contribution in [0.4, 0.5) is 13.2 Å². The Morgan fingerprint density at radius 2 is 1.52 bits per heavy atom. The van der Waals surface area contributed by atoms with Crippen molar-refractivity contribution in [2.24, 2.45) is 0 Å². The highest BCUT2D eigenvalue weighted by Gasteiger charge is 2.34. The van der Waals surface area contributed by atoms with Gasteiger partial charge in [0.15, 0.2) is 0 Å². The fourth-order valence-electron chi connectivity index (χ4n) is 3.92. The Labute approximate surface area is 145 Å². The summed E-state index contributed by atoms with van der Waals surface area (Å²) in [6.07, 6.45) is 0.229. The smallest absolute Gasteiger partial charge is 0.416 e. The van der Waals surface area contributed by atoms with Crippen molar-refractivity contribution in [2.75, 3.05) is 0 Å². The molecule has 1 N–H and O–H groups in total. The molecule has 0 aliphatic carbocycles. The van der Waals surface area contributed by atoms with Crippen molar-refractivity contribution in [3.05, 3.63) is 54.1 Å². The van der Waals surface area contributed by atoms with Crippen molar-refractivity contribution in [3.8, 4) is 16.9 Å². The van der Waals surface area contributed by atoms with Crippen molar-refractivity contribution >= 4 is 0 Å². The lowest BCUT2D eigenvalue weighted by Crippen LogP contribution is -2.42. The summed E-state index contributed by atoms with van der Waals surface area (Å²) in [5.74, 6) is 0.723. The van der Waals surface area contributed by atoms with Gasteiger partial charge in [-0.1, -0.05) is 24.3 Å². The maximum Gasteiger partial charge on any atom is 0.416 e. The number of benzene rings is 2. The van der Waals surface area contributed by atoms with Crippen LogP contribution in [0, 0.1) is 0 Å². The summed E-state index contributed by atoms with van der Waals surface area (Å²) in [6, 6.07) is 13.8. The van der Waals surface area contributed by atoms with Crippen LogP contribution < -0.4 is 10.1 Å². The SMILES string of the molecule is FC(F)(F)c1cccc(-c2cccc(OC3C[C@H]4CC[C@@H](C3)N4)c2)c1. The Kier molecular flexibility index (Phi) is 4.20. The minimum absolute atomic E-state index is 0.176. The number of rotatable bonds is 3. The minimum Gasteiger partial charge on any atom is -0.490 e. The minimum atomic E-state index is -4.33. The van der Waals surface area contributed by atoms with Gasteiger partial charge in [0.2, 0.25) is 0 Å².